The molecule has 5 heteroatoms. The lowest BCUT2D eigenvalue weighted by atomic mass is 9.87. The predicted molar refractivity (Wildman–Crippen MR) is 127 cm³/mol. The fourth-order valence-corrected chi connectivity index (χ4v) is 4.07. The van der Waals surface area contributed by atoms with E-state index in [1.807, 2.05) is 36.4 Å². The number of methoxy groups -OCH3 is 1. The lowest BCUT2D eigenvalue weighted by molar-refractivity contribution is -0.112. The molecule has 2 aromatic carbocycles. The molecule has 1 aliphatic rings. The number of nitriles is 1. The Hall–Kier alpha value is -3.52. The number of hydrogen-bond acceptors (Lipinski definition) is 4. The fraction of sp³-hybridized carbons (Fsp3) is 0.308. The van der Waals surface area contributed by atoms with Crippen molar-refractivity contribution >= 4 is 28.9 Å². The highest BCUT2D eigenvalue weighted by Gasteiger charge is 2.31. The number of fused-ring (bicyclic) bond motifs is 1. The molecule has 1 amide bonds. The van der Waals surface area contributed by atoms with Crippen LogP contribution in [0.5, 0.6) is 5.75 Å². The first-order valence-electron chi connectivity index (χ1n) is 10.5. The Morgan fingerprint density at radius 1 is 1.26 bits per heavy atom. The number of carbonyl (C=O) groups is 1. The summed E-state index contributed by atoms with van der Waals surface area (Å²) in [6.45, 7) is 9.59. The average Bonchev–Trinajstić information content (AvgIpc) is 2.74. The van der Waals surface area contributed by atoms with E-state index in [-0.39, 0.29) is 11.1 Å². The van der Waals surface area contributed by atoms with E-state index >= 15 is 0 Å². The second-order valence-corrected chi connectivity index (χ2v) is 8.23. The first kappa shape index (κ1) is 22.2. The normalized spacial score (nSPS) is 14.9. The van der Waals surface area contributed by atoms with E-state index in [2.05, 4.69) is 44.0 Å². The first-order chi connectivity index (χ1) is 14.8. The lowest BCUT2D eigenvalue weighted by Crippen LogP contribution is -2.45. The van der Waals surface area contributed by atoms with E-state index in [0.717, 1.165) is 29.8 Å². The summed E-state index contributed by atoms with van der Waals surface area (Å²) in [5, 5.41) is 12.4. The number of para-hydroxylation sites is 1. The van der Waals surface area contributed by atoms with Crippen LogP contribution in [0.25, 0.3) is 11.6 Å². The van der Waals surface area contributed by atoms with Crippen molar-refractivity contribution in [3.05, 3.63) is 65.2 Å². The van der Waals surface area contributed by atoms with Crippen molar-refractivity contribution in [3.63, 3.8) is 0 Å². The average molecular weight is 416 g/mol. The number of ether oxygens (including phenoxy) is 1. The predicted octanol–water partition coefficient (Wildman–Crippen LogP) is 5.65. The molecule has 0 radical (unpaired) electrons. The van der Waals surface area contributed by atoms with Crippen molar-refractivity contribution in [2.24, 2.45) is 0 Å². The number of carbonyl (C=O) groups excluding carboxylic acids is 1. The second-order valence-electron chi connectivity index (χ2n) is 8.23. The molecule has 2 aromatic rings. The zero-order valence-electron chi connectivity index (χ0n) is 18.8. The van der Waals surface area contributed by atoms with Gasteiger partial charge in [0.1, 0.15) is 17.4 Å². The lowest BCUT2D eigenvalue weighted by Gasteiger charge is -2.43. The third-order valence-electron chi connectivity index (χ3n) is 5.47. The van der Waals surface area contributed by atoms with Crippen LogP contribution in [-0.4, -0.2) is 25.1 Å². The van der Waals surface area contributed by atoms with Gasteiger partial charge in [0, 0.05) is 35.1 Å². The maximum Gasteiger partial charge on any atom is 0.266 e. The van der Waals surface area contributed by atoms with Crippen molar-refractivity contribution in [1.29, 1.82) is 5.26 Å². The molecule has 5 nitrogen and oxygen atoms in total. The van der Waals surface area contributed by atoms with E-state index < -0.39 is 5.91 Å². The van der Waals surface area contributed by atoms with Gasteiger partial charge < -0.3 is 15.0 Å². The third-order valence-corrected chi connectivity index (χ3v) is 5.47. The van der Waals surface area contributed by atoms with Gasteiger partial charge in [-0.3, -0.25) is 4.79 Å². The van der Waals surface area contributed by atoms with Crippen LogP contribution in [0.15, 0.2) is 54.1 Å². The zero-order valence-corrected chi connectivity index (χ0v) is 18.8. The summed E-state index contributed by atoms with van der Waals surface area (Å²) in [7, 11) is 1.61. The molecule has 1 heterocycles. The maximum atomic E-state index is 12.7. The summed E-state index contributed by atoms with van der Waals surface area (Å²) < 4.78 is 5.65. The van der Waals surface area contributed by atoms with Crippen LogP contribution < -0.4 is 15.0 Å². The van der Waals surface area contributed by atoms with Crippen molar-refractivity contribution in [2.45, 2.75) is 39.7 Å². The van der Waals surface area contributed by atoms with Crippen LogP contribution in [0.4, 0.5) is 11.4 Å². The molecule has 0 atom stereocenters. The van der Waals surface area contributed by atoms with Crippen molar-refractivity contribution in [1.82, 2.24) is 0 Å². The first-order valence-corrected chi connectivity index (χ1v) is 10.5. The highest BCUT2D eigenvalue weighted by molar-refractivity contribution is 6.10. The van der Waals surface area contributed by atoms with Gasteiger partial charge >= 0.3 is 0 Å². The molecule has 3 rings (SSSR count). The van der Waals surface area contributed by atoms with Crippen LogP contribution in [0.3, 0.4) is 0 Å². The minimum atomic E-state index is -0.450. The molecule has 0 unspecified atom stereocenters. The largest absolute Gasteiger partial charge is 0.496 e. The van der Waals surface area contributed by atoms with Crippen LogP contribution in [0, 0.1) is 11.3 Å². The highest BCUT2D eigenvalue weighted by atomic mass is 16.5. The smallest absolute Gasteiger partial charge is 0.266 e. The molecular formula is C26H29N3O2. The monoisotopic (exact) mass is 415 g/mol. The summed E-state index contributed by atoms with van der Waals surface area (Å²) in [5.74, 6) is 0.181. The van der Waals surface area contributed by atoms with Gasteiger partial charge in [-0.05, 0) is 57.0 Å². The van der Waals surface area contributed by atoms with E-state index in [1.165, 1.54) is 0 Å². The number of anilines is 2. The zero-order chi connectivity index (χ0) is 22.6. The molecule has 0 spiro atoms. The van der Waals surface area contributed by atoms with E-state index in [9.17, 15) is 10.1 Å². The van der Waals surface area contributed by atoms with Crippen molar-refractivity contribution in [3.8, 4) is 11.8 Å². The van der Waals surface area contributed by atoms with Gasteiger partial charge in [0.15, 0.2) is 0 Å². The third kappa shape index (κ3) is 4.64. The molecule has 31 heavy (non-hydrogen) atoms. The molecule has 1 N–H and O–H groups in total. The Morgan fingerprint density at radius 2 is 1.97 bits per heavy atom. The van der Waals surface area contributed by atoms with Gasteiger partial charge in [0.05, 0.1) is 12.6 Å². The Labute approximate surface area is 184 Å². The minimum Gasteiger partial charge on any atom is -0.496 e. The van der Waals surface area contributed by atoms with Crippen molar-refractivity contribution < 1.29 is 9.53 Å². The molecule has 1 aliphatic heterocycles. The SMILES string of the molecule is CCCN1c2cc(OC)c(/C=C(\C#N)C(=O)Nc3ccccc3)cc2C(C)=CC1(C)C. The molecule has 0 saturated carbocycles. The Kier molecular flexibility index (Phi) is 6.50. The summed E-state index contributed by atoms with van der Waals surface area (Å²) in [6.07, 6.45) is 4.88. The highest BCUT2D eigenvalue weighted by Crippen LogP contribution is 2.42. The van der Waals surface area contributed by atoms with Crippen LogP contribution in [-0.2, 0) is 4.79 Å². The van der Waals surface area contributed by atoms with Gasteiger partial charge in [-0.15, -0.1) is 0 Å². The number of hydrogen-bond donors (Lipinski definition) is 1. The molecule has 0 aliphatic carbocycles. The summed E-state index contributed by atoms with van der Waals surface area (Å²) >= 11 is 0. The number of benzene rings is 2. The number of amides is 1. The van der Waals surface area contributed by atoms with Crippen molar-refractivity contribution in [2.75, 3.05) is 23.9 Å². The molecular weight excluding hydrogens is 386 g/mol. The van der Waals surface area contributed by atoms with E-state index in [0.29, 0.717) is 17.0 Å². The molecule has 0 saturated heterocycles. The topological polar surface area (TPSA) is 65.4 Å². The van der Waals surface area contributed by atoms with Crippen LogP contribution in [0.1, 0.15) is 45.2 Å². The Balaban J connectivity index is 2.05. The summed E-state index contributed by atoms with van der Waals surface area (Å²) in [5.41, 5.74) is 4.60. The standard InChI is InChI=1S/C26H29N3O2/c1-6-12-29-23-15-24(31-5)19(14-22(23)18(2)16-26(29,3)4)13-20(17-27)25(30)28-21-10-8-7-9-11-21/h7-11,13-16H,6,12H2,1-5H3,(H,28,30)/b20-13+. The number of nitrogens with zero attached hydrogens (tertiary/aromatic N) is 2. The fourth-order valence-electron chi connectivity index (χ4n) is 4.07. The number of allylic oxidation sites excluding steroid dienone is 1. The van der Waals surface area contributed by atoms with Crippen LogP contribution in [0.2, 0.25) is 0 Å². The van der Waals surface area contributed by atoms with Crippen LogP contribution >= 0.6 is 0 Å². The summed E-state index contributed by atoms with van der Waals surface area (Å²) in [4.78, 5) is 15.0. The quantitative estimate of drug-likeness (QED) is 0.489. The van der Waals surface area contributed by atoms with Gasteiger partial charge in [0.2, 0.25) is 0 Å². The Morgan fingerprint density at radius 3 is 2.58 bits per heavy atom. The molecule has 0 bridgehead atoms. The minimum absolute atomic E-state index is 0.0188. The second kappa shape index (κ2) is 9.09. The Bertz CT molecular complexity index is 1080. The number of nitrogens with one attached hydrogen (secondary N) is 1. The number of rotatable bonds is 6. The van der Waals surface area contributed by atoms with E-state index in [4.69, 9.17) is 4.74 Å². The maximum absolute atomic E-state index is 12.7. The molecule has 160 valence electrons. The molecule has 0 fully saturated rings. The van der Waals surface area contributed by atoms with E-state index in [1.54, 1.807) is 25.3 Å². The van der Waals surface area contributed by atoms with Gasteiger partial charge in [-0.1, -0.05) is 31.2 Å². The van der Waals surface area contributed by atoms with Gasteiger partial charge in [-0.25, -0.2) is 0 Å². The van der Waals surface area contributed by atoms with Gasteiger partial charge in [-0.2, -0.15) is 5.26 Å². The molecule has 0 aromatic heterocycles. The summed E-state index contributed by atoms with van der Waals surface area (Å²) in [6, 6.07) is 15.1. The van der Waals surface area contributed by atoms with Gasteiger partial charge in [0.25, 0.3) is 5.91 Å².